The fraction of sp³-hybridized carbons (Fsp3) is 0.714. The summed E-state index contributed by atoms with van der Waals surface area (Å²) in [6.45, 7) is -1.09. The number of halogens is 3. The van der Waals surface area contributed by atoms with Crippen LogP contribution in [-0.2, 0) is 4.79 Å². The first-order valence-electron chi connectivity index (χ1n) is 3.87. The van der Waals surface area contributed by atoms with E-state index in [4.69, 9.17) is 5.11 Å². The maximum absolute atomic E-state index is 12.2. The van der Waals surface area contributed by atoms with Crippen molar-refractivity contribution in [2.45, 2.75) is 12.6 Å². The van der Waals surface area contributed by atoms with Crippen LogP contribution >= 0.6 is 0 Å². The van der Waals surface area contributed by atoms with Crippen molar-refractivity contribution in [3.63, 3.8) is 0 Å². The number of nitrogens with zero attached hydrogens (tertiary/aromatic N) is 1. The zero-order valence-electron chi connectivity index (χ0n) is 7.04. The number of piperidine rings is 1. The van der Waals surface area contributed by atoms with Crippen molar-refractivity contribution in [2.75, 3.05) is 13.1 Å². The molecule has 0 bridgehead atoms. The minimum absolute atomic E-state index is 0.443. The van der Waals surface area contributed by atoms with Crippen LogP contribution in [0, 0.1) is 5.92 Å². The number of amides is 1. The van der Waals surface area contributed by atoms with Crippen molar-refractivity contribution in [2.24, 2.45) is 5.92 Å². The Balaban J connectivity index is 2.73. The second kappa shape index (κ2) is 3.47. The molecule has 1 unspecified atom stereocenters. The molecule has 80 valence electrons. The van der Waals surface area contributed by atoms with Gasteiger partial charge in [-0.05, 0) is 0 Å². The number of hydrogen-bond acceptors (Lipinski definition) is 2. The fourth-order valence-corrected chi connectivity index (χ4v) is 1.31. The highest BCUT2D eigenvalue weighted by atomic mass is 19.4. The van der Waals surface area contributed by atoms with E-state index in [1.807, 2.05) is 0 Å². The van der Waals surface area contributed by atoms with Crippen molar-refractivity contribution in [1.29, 1.82) is 0 Å². The average Bonchev–Trinajstić information content (AvgIpc) is 2.01. The molecule has 1 fully saturated rings. The highest BCUT2D eigenvalue weighted by molar-refractivity contribution is 5.85. The molecule has 1 N–H and O–H groups in total. The Kier molecular flexibility index (Phi) is 2.68. The van der Waals surface area contributed by atoms with Gasteiger partial charge in [-0.15, -0.1) is 0 Å². The third-order valence-corrected chi connectivity index (χ3v) is 2.02. The lowest BCUT2D eigenvalue weighted by molar-refractivity contribution is -0.186. The van der Waals surface area contributed by atoms with E-state index < -0.39 is 43.5 Å². The minimum atomic E-state index is -4.51. The van der Waals surface area contributed by atoms with Crippen LogP contribution in [0.2, 0.25) is 0 Å². The Morgan fingerprint density at radius 2 is 2.07 bits per heavy atom. The van der Waals surface area contributed by atoms with Gasteiger partial charge in [0.1, 0.15) is 0 Å². The van der Waals surface area contributed by atoms with E-state index in [1.54, 1.807) is 0 Å². The van der Waals surface area contributed by atoms with Crippen molar-refractivity contribution >= 4 is 11.9 Å². The summed E-state index contributed by atoms with van der Waals surface area (Å²) >= 11 is 0. The highest BCUT2D eigenvalue weighted by Crippen LogP contribution is 2.31. The molecule has 7 heteroatoms. The molecule has 4 nitrogen and oxygen atoms in total. The number of Topliss-reactive ketones (excluding diaryl/α,β-unsaturated/α-hetero) is 1. The minimum Gasteiger partial charge on any atom is -0.465 e. The van der Waals surface area contributed by atoms with Crippen LogP contribution in [0.3, 0.4) is 0 Å². The SMILES string of the molecule is O=C1CC(C(F)(F)F)CN(C(=O)O)C1. The maximum atomic E-state index is 12.2. The largest absolute Gasteiger partial charge is 0.465 e. The molecule has 0 aromatic heterocycles. The Hall–Kier alpha value is -1.27. The smallest absolute Gasteiger partial charge is 0.407 e. The molecule has 14 heavy (non-hydrogen) atoms. The predicted molar refractivity (Wildman–Crippen MR) is 38.8 cm³/mol. The average molecular weight is 211 g/mol. The van der Waals surface area contributed by atoms with Gasteiger partial charge in [-0.25, -0.2) is 4.79 Å². The number of hydrogen-bond donors (Lipinski definition) is 1. The lowest BCUT2D eigenvalue weighted by Gasteiger charge is -2.30. The summed E-state index contributed by atoms with van der Waals surface area (Å²) in [5, 5.41) is 8.45. The molecule has 0 aromatic rings. The molecule has 1 rings (SSSR count). The van der Waals surface area contributed by atoms with Crippen LogP contribution in [0.25, 0.3) is 0 Å². The van der Waals surface area contributed by atoms with Gasteiger partial charge in [0.05, 0.1) is 12.5 Å². The highest BCUT2D eigenvalue weighted by Gasteiger charge is 2.45. The first-order valence-corrected chi connectivity index (χ1v) is 3.87. The van der Waals surface area contributed by atoms with Gasteiger partial charge < -0.3 is 10.0 Å². The molecule has 0 spiro atoms. The number of carbonyl (C=O) groups is 2. The van der Waals surface area contributed by atoms with Gasteiger partial charge in [0.2, 0.25) is 0 Å². The molecule has 1 heterocycles. The van der Waals surface area contributed by atoms with Gasteiger partial charge >= 0.3 is 12.3 Å². The number of rotatable bonds is 0. The van der Waals surface area contributed by atoms with Gasteiger partial charge in [0.15, 0.2) is 5.78 Å². The van der Waals surface area contributed by atoms with Gasteiger partial charge in [-0.2, -0.15) is 13.2 Å². The van der Waals surface area contributed by atoms with E-state index >= 15 is 0 Å². The Morgan fingerprint density at radius 3 is 2.50 bits per heavy atom. The van der Waals surface area contributed by atoms with Gasteiger partial charge in [-0.3, -0.25) is 4.79 Å². The molecule has 1 aliphatic rings. The van der Waals surface area contributed by atoms with E-state index in [-0.39, 0.29) is 0 Å². The zero-order valence-corrected chi connectivity index (χ0v) is 7.04. The predicted octanol–water partition coefficient (Wildman–Crippen LogP) is 1.12. The first kappa shape index (κ1) is 10.8. The van der Waals surface area contributed by atoms with Gasteiger partial charge in [0.25, 0.3) is 0 Å². The summed E-state index contributed by atoms with van der Waals surface area (Å²) in [7, 11) is 0. The molecule has 1 atom stereocenters. The molecule has 0 aliphatic carbocycles. The van der Waals surface area contributed by atoms with E-state index in [2.05, 4.69) is 0 Å². The number of carbonyl (C=O) groups excluding carboxylic acids is 1. The molecule has 0 radical (unpaired) electrons. The summed E-state index contributed by atoms with van der Waals surface area (Å²) in [5.74, 6) is -2.55. The van der Waals surface area contributed by atoms with Crippen LogP contribution < -0.4 is 0 Å². The van der Waals surface area contributed by atoms with E-state index in [0.29, 0.717) is 4.90 Å². The van der Waals surface area contributed by atoms with Crippen LogP contribution in [-0.4, -0.2) is 41.1 Å². The first-order chi connectivity index (χ1) is 6.30. The molecule has 1 aliphatic heterocycles. The number of alkyl halides is 3. The molecular weight excluding hydrogens is 203 g/mol. The van der Waals surface area contributed by atoms with Crippen molar-refractivity contribution in [3.8, 4) is 0 Å². The Labute approximate surface area is 77.3 Å². The van der Waals surface area contributed by atoms with E-state index in [9.17, 15) is 22.8 Å². The quantitative estimate of drug-likeness (QED) is 0.653. The third-order valence-electron chi connectivity index (χ3n) is 2.02. The van der Waals surface area contributed by atoms with Crippen molar-refractivity contribution in [1.82, 2.24) is 4.90 Å². The summed E-state index contributed by atoms with van der Waals surface area (Å²) in [4.78, 5) is 21.7. The summed E-state index contributed by atoms with van der Waals surface area (Å²) in [6, 6.07) is 0. The second-order valence-corrected chi connectivity index (χ2v) is 3.14. The van der Waals surface area contributed by atoms with Crippen molar-refractivity contribution < 1.29 is 27.9 Å². The number of likely N-dealkylation sites (tertiary alicyclic amines) is 1. The number of ketones is 1. The summed E-state index contributed by atoms with van der Waals surface area (Å²) in [5.41, 5.74) is 0. The Morgan fingerprint density at radius 1 is 1.50 bits per heavy atom. The standard InChI is InChI=1S/C7H8F3NO3/c8-7(9,10)4-1-5(12)3-11(2-4)6(13)14/h4H,1-3H2,(H,13,14). The normalized spacial score (nSPS) is 23.8. The molecule has 1 amide bonds. The Bertz CT molecular complexity index is 263. The summed E-state index contributed by atoms with van der Waals surface area (Å²) in [6.07, 6.45) is -6.62. The molecule has 1 saturated heterocycles. The van der Waals surface area contributed by atoms with Crippen LogP contribution in [0.4, 0.5) is 18.0 Å². The van der Waals surface area contributed by atoms with E-state index in [1.165, 1.54) is 0 Å². The monoisotopic (exact) mass is 211 g/mol. The van der Waals surface area contributed by atoms with Crippen LogP contribution in [0.15, 0.2) is 0 Å². The third kappa shape index (κ3) is 2.36. The van der Waals surface area contributed by atoms with E-state index in [0.717, 1.165) is 0 Å². The zero-order chi connectivity index (χ0) is 10.9. The fourth-order valence-electron chi connectivity index (χ4n) is 1.31. The molecular formula is C7H8F3NO3. The van der Waals surface area contributed by atoms with Crippen LogP contribution in [0.1, 0.15) is 6.42 Å². The molecule has 0 aromatic carbocycles. The molecule has 0 saturated carbocycles. The van der Waals surface area contributed by atoms with Crippen LogP contribution in [0.5, 0.6) is 0 Å². The topological polar surface area (TPSA) is 57.6 Å². The maximum Gasteiger partial charge on any atom is 0.407 e. The number of carboxylic acid groups (broad SMARTS) is 1. The lowest BCUT2D eigenvalue weighted by atomic mass is 9.97. The summed E-state index contributed by atoms with van der Waals surface area (Å²) < 4.78 is 36.5. The second-order valence-electron chi connectivity index (χ2n) is 3.14. The van der Waals surface area contributed by atoms with Crippen molar-refractivity contribution in [3.05, 3.63) is 0 Å². The van der Waals surface area contributed by atoms with Gasteiger partial charge in [-0.1, -0.05) is 0 Å². The lowest BCUT2D eigenvalue weighted by Crippen LogP contribution is -2.47. The van der Waals surface area contributed by atoms with Gasteiger partial charge in [0, 0.05) is 13.0 Å².